The van der Waals surface area contributed by atoms with E-state index >= 15 is 0 Å². The third kappa shape index (κ3) is 3.69. The first-order valence-electron chi connectivity index (χ1n) is 8.83. The SMILES string of the molecule is COc1ccc([C@@H](NC(=O)c2nn(C)c(=O)c3ccccc23)C(C)C)cc1. The van der Waals surface area contributed by atoms with Crippen molar-refractivity contribution in [3.8, 4) is 5.75 Å². The summed E-state index contributed by atoms with van der Waals surface area (Å²) in [5, 5.41) is 8.30. The number of benzene rings is 2. The largest absolute Gasteiger partial charge is 0.497 e. The molecule has 0 saturated heterocycles. The molecule has 0 bridgehead atoms. The molecule has 0 fully saturated rings. The zero-order valence-corrected chi connectivity index (χ0v) is 15.9. The molecule has 1 amide bonds. The number of carbonyl (C=O) groups is 1. The topological polar surface area (TPSA) is 73.2 Å². The van der Waals surface area contributed by atoms with E-state index in [1.165, 1.54) is 4.68 Å². The minimum Gasteiger partial charge on any atom is -0.497 e. The lowest BCUT2D eigenvalue weighted by Crippen LogP contribution is -2.34. The molecule has 140 valence electrons. The summed E-state index contributed by atoms with van der Waals surface area (Å²) in [7, 11) is 3.17. The van der Waals surface area contributed by atoms with E-state index in [1.807, 2.05) is 38.1 Å². The number of nitrogens with one attached hydrogen (secondary N) is 1. The van der Waals surface area contributed by atoms with Crippen LogP contribution in [0.25, 0.3) is 10.8 Å². The third-order valence-electron chi connectivity index (χ3n) is 4.60. The number of nitrogens with zero attached hydrogens (tertiary/aromatic N) is 2. The Hall–Kier alpha value is -3.15. The van der Waals surface area contributed by atoms with Crippen molar-refractivity contribution in [2.75, 3.05) is 7.11 Å². The first kappa shape index (κ1) is 18.6. The van der Waals surface area contributed by atoms with Crippen LogP contribution in [0.5, 0.6) is 5.75 Å². The molecule has 1 heterocycles. The average Bonchev–Trinajstić information content (AvgIpc) is 2.68. The number of amides is 1. The second-order valence-electron chi connectivity index (χ2n) is 6.79. The fraction of sp³-hybridized carbons (Fsp3) is 0.286. The third-order valence-corrected chi connectivity index (χ3v) is 4.60. The molecule has 0 aliphatic heterocycles. The van der Waals surface area contributed by atoms with Crippen molar-refractivity contribution in [1.29, 1.82) is 0 Å². The normalized spacial score (nSPS) is 12.2. The van der Waals surface area contributed by atoms with E-state index in [0.717, 1.165) is 11.3 Å². The molecule has 27 heavy (non-hydrogen) atoms. The molecule has 3 rings (SSSR count). The van der Waals surface area contributed by atoms with E-state index in [9.17, 15) is 9.59 Å². The molecule has 3 aromatic rings. The highest BCUT2D eigenvalue weighted by atomic mass is 16.5. The molecule has 0 radical (unpaired) electrons. The zero-order valence-electron chi connectivity index (χ0n) is 15.9. The maximum atomic E-state index is 13.0. The van der Waals surface area contributed by atoms with E-state index < -0.39 is 0 Å². The Labute approximate surface area is 157 Å². The summed E-state index contributed by atoms with van der Waals surface area (Å²) in [4.78, 5) is 25.3. The van der Waals surface area contributed by atoms with Crippen LogP contribution in [0.2, 0.25) is 0 Å². The minimum atomic E-state index is -0.309. The molecule has 0 spiro atoms. The van der Waals surface area contributed by atoms with Crippen molar-refractivity contribution in [2.24, 2.45) is 13.0 Å². The molecule has 1 aromatic heterocycles. The Morgan fingerprint density at radius 1 is 1.07 bits per heavy atom. The van der Waals surface area contributed by atoms with Crippen molar-refractivity contribution in [3.05, 3.63) is 70.1 Å². The van der Waals surface area contributed by atoms with Crippen LogP contribution >= 0.6 is 0 Å². The van der Waals surface area contributed by atoms with Crippen LogP contribution in [0, 0.1) is 5.92 Å². The van der Waals surface area contributed by atoms with Gasteiger partial charge in [0.05, 0.1) is 18.5 Å². The Kier molecular flexibility index (Phi) is 5.26. The van der Waals surface area contributed by atoms with Gasteiger partial charge in [-0.05, 0) is 29.7 Å². The van der Waals surface area contributed by atoms with Crippen LogP contribution in [0.4, 0.5) is 0 Å². The van der Waals surface area contributed by atoms with Crippen molar-refractivity contribution in [3.63, 3.8) is 0 Å². The molecule has 1 N–H and O–H groups in total. The first-order valence-corrected chi connectivity index (χ1v) is 8.83. The average molecular weight is 365 g/mol. The predicted molar refractivity (Wildman–Crippen MR) is 105 cm³/mol. The van der Waals surface area contributed by atoms with Crippen molar-refractivity contribution in [2.45, 2.75) is 19.9 Å². The highest BCUT2D eigenvalue weighted by molar-refractivity contribution is 6.04. The highest BCUT2D eigenvalue weighted by Crippen LogP contribution is 2.25. The number of fused-ring (bicyclic) bond motifs is 1. The van der Waals surface area contributed by atoms with Crippen LogP contribution in [0.1, 0.15) is 35.9 Å². The summed E-state index contributed by atoms with van der Waals surface area (Å²) < 4.78 is 6.41. The van der Waals surface area contributed by atoms with Crippen LogP contribution in [0.3, 0.4) is 0 Å². The van der Waals surface area contributed by atoms with Gasteiger partial charge in [0, 0.05) is 12.4 Å². The van der Waals surface area contributed by atoms with Gasteiger partial charge in [-0.1, -0.05) is 44.2 Å². The fourth-order valence-electron chi connectivity index (χ4n) is 3.12. The van der Waals surface area contributed by atoms with Gasteiger partial charge in [-0.2, -0.15) is 5.10 Å². The van der Waals surface area contributed by atoms with Gasteiger partial charge in [0.15, 0.2) is 5.69 Å². The standard InChI is InChI=1S/C21H23N3O3/c1-13(2)18(14-9-11-15(27-4)12-10-14)22-20(25)19-16-7-5-6-8-17(16)21(26)24(3)23-19/h5-13,18H,1-4H3,(H,22,25)/t18-/m0/s1. The van der Waals surface area contributed by atoms with Crippen molar-refractivity contribution >= 4 is 16.7 Å². The number of carbonyl (C=O) groups excluding carboxylic acids is 1. The predicted octanol–water partition coefficient (Wildman–Crippen LogP) is 3.07. The molecule has 6 nitrogen and oxygen atoms in total. The van der Waals surface area contributed by atoms with E-state index in [4.69, 9.17) is 4.74 Å². The van der Waals surface area contributed by atoms with Gasteiger partial charge in [0.1, 0.15) is 5.75 Å². The van der Waals surface area contributed by atoms with Crippen LogP contribution in [-0.4, -0.2) is 22.8 Å². The zero-order chi connectivity index (χ0) is 19.6. The van der Waals surface area contributed by atoms with Crippen LogP contribution < -0.4 is 15.6 Å². The fourth-order valence-corrected chi connectivity index (χ4v) is 3.12. The quantitative estimate of drug-likeness (QED) is 0.754. The van der Waals surface area contributed by atoms with Crippen molar-refractivity contribution in [1.82, 2.24) is 15.1 Å². The maximum Gasteiger partial charge on any atom is 0.274 e. The second kappa shape index (κ2) is 7.61. The lowest BCUT2D eigenvalue weighted by Gasteiger charge is -2.23. The Bertz CT molecular complexity index is 1020. The number of rotatable bonds is 5. The van der Waals surface area contributed by atoms with E-state index in [0.29, 0.717) is 10.8 Å². The van der Waals surface area contributed by atoms with Gasteiger partial charge in [0.2, 0.25) is 0 Å². The summed E-state index contributed by atoms with van der Waals surface area (Å²) in [5.74, 6) is 0.621. The van der Waals surface area contributed by atoms with Gasteiger partial charge < -0.3 is 10.1 Å². The molecule has 0 aliphatic carbocycles. The molecule has 0 aliphatic rings. The van der Waals surface area contributed by atoms with Crippen LogP contribution in [0.15, 0.2) is 53.3 Å². The number of ether oxygens (including phenoxy) is 1. The number of hydrogen-bond acceptors (Lipinski definition) is 4. The first-order chi connectivity index (χ1) is 12.9. The summed E-state index contributed by atoms with van der Waals surface area (Å²) in [6.07, 6.45) is 0. The van der Waals surface area contributed by atoms with Crippen LogP contribution in [-0.2, 0) is 7.05 Å². The molecular weight excluding hydrogens is 342 g/mol. The summed E-state index contributed by atoms with van der Waals surface area (Å²) in [6, 6.07) is 14.5. The number of aryl methyl sites for hydroxylation is 1. The summed E-state index contributed by atoms with van der Waals surface area (Å²) >= 11 is 0. The number of methoxy groups -OCH3 is 1. The van der Waals surface area contributed by atoms with E-state index in [2.05, 4.69) is 10.4 Å². The molecule has 6 heteroatoms. The second-order valence-corrected chi connectivity index (χ2v) is 6.79. The summed E-state index contributed by atoms with van der Waals surface area (Å²) in [6.45, 7) is 4.09. The number of hydrogen-bond donors (Lipinski definition) is 1. The Morgan fingerprint density at radius 3 is 2.30 bits per heavy atom. The van der Waals surface area contributed by atoms with Gasteiger partial charge in [0.25, 0.3) is 11.5 Å². The van der Waals surface area contributed by atoms with E-state index in [-0.39, 0.29) is 29.1 Å². The molecule has 0 unspecified atom stereocenters. The smallest absolute Gasteiger partial charge is 0.274 e. The van der Waals surface area contributed by atoms with Crippen molar-refractivity contribution < 1.29 is 9.53 Å². The van der Waals surface area contributed by atoms with Gasteiger partial charge in [-0.25, -0.2) is 4.68 Å². The molecule has 1 atom stereocenters. The monoisotopic (exact) mass is 365 g/mol. The lowest BCUT2D eigenvalue weighted by atomic mass is 9.95. The molecule has 0 saturated carbocycles. The Morgan fingerprint density at radius 2 is 1.70 bits per heavy atom. The minimum absolute atomic E-state index is 0.168. The molecule has 2 aromatic carbocycles. The van der Waals surface area contributed by atoms with Gasteiger partial charge in [-0.15, -0.1) is 0 Å². The van der Waals surface area contributed by atoms with E-state index in [1.54, 1.807) is 38.4 Å². The summed E-state index contributed by atoms with van der Waals surface area (Å²) in [5.41, 5.74) is 0.998. The van der Waals surface area contributed by atoms with Gasteiger partial charge in [-0.3, -0.25) is 9.59 Å². The number of aromatic nitrogens is 2. The highest BCUT2D eigenvalue weighted by Gasteiger charge is 2.22. The van der Waals surface area contributed by atoms with Gasteiger partial charge >= 0.3 is 0 Å². The molecular formula is C21H23N3O3. The Balaban J connectivity index is 1.98. The lowest BCUT2D eigenvalue weighted by molar-refractivity contribution is 0.0920. The maximum absolute atomic E-state index is 13.0.